The topological polar surface area (TPSA) is 70.9 Å². The van der Waals surface area contributed by atoms with E-state index in [1.54, 1.807) is 29.7 Å². The minimum Gasteiger partial charge on any atom is -0.506 e. The van der Waals surface area contributed by atoms with Gasteiger partial charge in [-0.05, 0) is 37.3 Å². The number of benzene rings is 2. The van der Waals surface area contributed by atoms with E-state index >= 15 is 0 Å². The number of rotatable bonds is 1. The van der Waals surface area contributed by atoms with E-state index in [1.165, 1.54) is 6.07 Å². The first-order chi connectivity index (χ1) is 11.1. The number of aromatic amines is 1. The summed E-state index contributed by atoms with van der Waals surface area (Å²) in [5, 5.41) is 18.9. The highest BCUT2D eigenvalue weighted by Gasteiger charge is 2.18. The number of nitrogens with one attached hydrogen (secondary N) is 1. The third kappa shape index (κ3) is 1.94. The van der Waals surface area contributed by atoms with Crippen LogP contribution in [-0.4, -0.2) is 19.9 Å². The predicted molar refractivity (Wildman–Crippen MR) is 90.6 cm³/mol. The summed E-state index contributed by atoms with van der Waals surface area (Å²) in [6, 6.07) is 12.0. The average molecular weight is 326 g/mol. The lowest BCUT2D eigenvalue weighted by Gasteiger charge is -2.14. The van der Waals surface area contributed by atoms with Crippen LogP contribution < -0.4 is 5.43 Å². The van der Waals surface area contributed by atoms with Gasteiger partial charge in [0, 0.05) is 16.1 Å². The minimum atomic E-state index is -0.0837. The van der Waals surface area contributed by atoms with Crippen LogP contribution in [0.2, 0.25) is 5.02 Å². The maximum Gasteiger partial charge on any atom is 0.200 e. The molecule has 0 saturated carbocycles. The third-order valence-electron chi connectivity index (χ3n) is 3.93. The quantitative estimate of drug-likeness (QED) is 0.562. The molecule has 0 saturated heterocycles. The largest absolute Gasteiger partial charge is 0.506 e. The molecule has 0 aliphatic heterocycles. The van der Waals surface area contributed by atoms with Crippen molar-refractivity contribution in [3.63, 3.8) is 0 Å². The monoisotopic (exact) mass is 325 g/mol. The first kappa shape index (κ1) is 13.8. The van der Waals surface area contributed by atoms with Crippen LogP contribution in [0.5, 0.6) is 5.75 Å². The molecule has 4 rings (SSSR count). The zero-order chi connectivity index (χ0) is 16.1. The van der Waals surface area contributed by atoms with Crippen molar-refractivity contribution in [1.82, 2.24) is 14.8 Å². The van der Waals surface area contributed by atoms with Crippen molar-refractivity contribution >= 4 is 33.5 Å². The van der Waals surface area contributed by atoms with E-state index in [2.05, 4.69) is 10.2 Å². The van der Waals surface area contributed by atoms with Crippen LogP contribution >= 0.6 is 11.6 Å². The predicted octanol–water partition coefficient (Wildman–Crippen LogP) is 3.53. The second-order valence-electron chi connectivity index (χ2n) is 5.36. The molecule has 0 aliphatic carbocycles. The molecule has 114 valence electrons. The summed E-state index contributed by atoms with van der Waals surface area (Å²) >= 11 is 6.09. The normalized spacial score (nSPS) is 11.4. The number of phenols is 1. The van der Waals surface area contributed by atoms with Gasteiger partial charge in [0.25, 0.3) is 0 Å². The number of hydrogen-bond acceptors (Lipinski definition) is 3. The molecule has 6 heteroatoms. The van der Waals surface area contributed by atoms with E-state index in [0.29, 0.717) is 38.3 Å². The molecule has 4 aromatic rings. The second-order valence-corrected chi connectivity index (χ2v) is 5.80. The van der Waals surface area contributed by atoms with Crippen molar-refractivity contribution in [1.29, 1.82) is 0 Å². The molecule has 0 bridgehead atoms. The highest BCUT2D eigenvalue weighted by atomic mass is 35.5. The zero-order valence-corrected chi connectivity index (χ0v) is 12.9. The van der Waals surface area contributed by atoms with Gasteiger partial charge < -0.3 is 5.11 Å². The Bertz CT molecular complexity index is 1130. The van der Waals surface area contributed by atoms with Crippen molar-refractivity contribution in [2.75, 3.05) is 0 Å². The van der Waals surface area contributed by atoms with E-state index in [-0.39, 0.29) is 11.2 Å². The van der Waals surface area contributed by atoms with Crippen LogP contribution in [0.3, 0.4) is 0 Å². The molecule has 5 nitrogen and oxygen atoms in total. The van der Waals surface area contributed by atoms with E-state index in [1.807, 2.05) is 18.2 Å². The fraction of sp³-hybridized carbons (Fsp3) is 0.0588. The maximum absolute atomic E-state index is 12.7. The van der Waals surface area contributed by atoms with Gasteiger partial charge in [0.05, 0.1) is 16.6 Å². The van der Waals surface area contributed by atoms with Gasteiger partial charge in [-0.15, -0.1) is 0 Å². The zero-order valence-electron chi connectivity index (χ0n) is 12.2. The molecular formula is C17H12ClN3O2. The van der Waals surface area contributed by atoms with Crippen LogP contribution in [0.15, 0.2) is 47.3 Å². The summed E-state index contributed by atoms with van der Waals surface area (Å²) in [5.74, 6) is 0.0603. The second kappa shape index (κ2) is 4.86. The highest BCUT2D eigenvalue weighted by molar-refractivity contribution is 6.30. The Hall–Kier alpha value is -2.79. The smallest absolute Gasteiger partial charge is 0.200 e. The number of aromatic hydroxyl groups is 1. The molecule has 0 atom stereocenters. The average Bonchev–Trinajstić information content (AvgIpc) is 2.93. The first-order valence-electron chi connectivity index (χ1n) is 7.05. The Morgan fingerprint density at radius 3 is 2.83 bits per heavy atom. The lowest BCUT2D eigenvalue weighted by Crippen LogP contribution is -2.10. The number of phenolic OH excluding ortho intramolecular Hbond substituents is 1. The van der Waals surface area contributed by atoms with Gasteiger partial charge in [0.15, 0.2) is 5.65 Å². The van der Waals surface area contributed by atoms with Crippen molar-refractivity contribution < 1.29 is 5.11 Å². The van der Waals surface area contributed by atoms with Crippen molar-refractivity contribution in [3.05, 3.63) is 63.4 Å². The lowest BCUT2D eigenvalue weighted by atomic mass is 10.1. The number of aromatic nitrogens is 3. The van der Waals surface area contributed by atoms with Gasteiger partial charge in [-0.2, -0.15) is 5.10 Å². The maximum atomic E-state index is 12.7. The summed E-state index contributed by atoms with van der Waals surface area (Å²) in [4.78, 5) is 12.7. The van der Waals surface area contributed by atoms with Crippen LogP contribution in [0.25, 0.3) is 27.6 Å². The van der Waals surface area contributed by atoms with Crippen LogP contribution in [0, 0.1) is 6.92 Å². The number of hydrogen-bond donors (Lipinski definition) is 2. The fourth-order valence-electron chi connectivity index (χ4n) is 2.88. The Kier molecular flexibility index (Phi) is 2.92. The molecule has 0 unspecified atom stereocenters. The molecule has 2 N–H and O–H groups in total. The lowest BCUT2D eigenvalue weighted by molar-refractivity contribution is 0.473. The number of halogens is 1. The molecule has 0 amide bonds. The summed E-state index contributed by atoms with van der Waals surface area (Å²) in [7, 11) is 0. The molecule has 2 heterocycles. The molecular weight excluding hydrogens is 314 g/mol. The molecule has 0 fully saturated rings. The molecule has 23 heavy (non-hydrogen) atoms. The molecule has 0 aliphatic rings. The minimum absolute atomic E-state index is 0.0603. The van der Waals surface area contributed by atoms with Crippen LogP contribution in [-0.2, 0) is 0 Å². The number of nitrogens with zero attached hydrogens (tertiary/aromatic N) is 2. The Morgan fingerprint density at radius 1 is 1.22 bits per heavy atom. The first-order valence-corrected chi connectivity index (χ1v) is 7.43. The SMILES string of the molecule is Cc1[nH]nc2c1c(=O)c1ccccc1n2-c1cc(Cl)ccc1O. The Balaban J connectivity index is 2.31. The van der Waals surface area contributed by atoms with E-state index in [0.717, 1.165) is 0 Å². The number of fused-ring (bicyclic) bond motifs is 2. The molecule has 0 spiro atoms. The van der Waals surface area contributed by atoms with E-state index < -0.39 is 0 Å². The molecule has 0 radical (unpaired) electrons. The van der Waals surface area contributed by atoms with E-state index in [4.69, 9.17) is 11.6 Å². The van der Waals surface area contributed by atoms with Gasteiger partial charge in [0.2, 0.25) is 5.43 Å². The van der Waals surface area contributed by atoms with Crippen molar-refractivity contribution in [3.8, 4) is 11.4 Å². The summed E-state index contributed by atoms with van der Waals surface area (Å²) in [6.07, 6.45) is 0. The Morgan fingerprint density at radius 2 is 2.00 bits per heavy atom. The van der Waals surface area contributed by atoms with Crippen molar-refractivity contribution in [2.45, 2.75) is 6.92 Å². The number of H-pyrrole nitrogens is 1. The summed E-state index contributed by atoms with van der Waals surface area (Å²) < 4.78 is 1.75. The van der Waals surface area contributed by atoms with Crippen LogP contribution in [0.4, 0.5) is 0 Å². The van der Waals surface area contributed by atoms with Gasteiger partial charge in [-0.1, -0.05) is 23.7 Å². The Labute approximate surface area is 135 Å². The standard InChI is InChI=1S/C17H12ClN3O2/c1-9-15-16(23)11-4-2-3-5-12(11)21(17(15)20-19-9)13-8-10(18)6-7-14(13)22/h2-8,22H,1H3,(H,19,20). The van der Waals surface area contributed by atoms with Gasteiger partial charge in [-0.3, -0.25) is 14.5 Å². The van der Waals surface area contributed by atoms with Gasteiger partial charge in [-0.25, -0.2) is 0 Å². The molecule has 2 aromatic carbocycles. The molecule has 2 aromatic heterocycles. The number of aryl methyl sites for hydroxylation is 1. The number of pyridine rings is 1. The van der Waals surface area contributed by atoms with Gasteiger partial charge >= 0.3 is 0 Å². The summed E-state index contributed by atoms with van der Waals surface area (Å²) in [6.45, 7) is 1.80. The van der Waals surface area contributed by atoms with Crippen LogP contribution in [0.1, 0.15) is 5.69 Å². The number of para-hydroxylation sites is 1. The highest BCUT2D eigenvalue weighted by Crippen LogP contribution is 2.31. The third-order valence-corrected chi connectivity index (χ3v) is 4.17. The fourth-order valence-corrected chi connectivity index (χ4v) is 3.05. The summed E-state index contributed by atoms with van der Waals surface area (Å²) in [5.41, 5.74) is 2.20. The van der Waals surface area contributed by atoms with E-state index in [9.17, 15) is 9.90 Å². The van der Waals surface area contributed by atoms with Crippen molar-refractivity contribution in [2.24, 2.45) is 0 Å². The van der Waals surface area contributed by atoms with Gasteiger partial charge in [0.1, 0.15) is 5.75 Å².